The summed E-state index contributed by atoms with van der Waals surface area (Å²) >= 11 is 0. The van der Waals surface area contributed by atoms with Gasteiger partial charge in [0.25, 0.3) is 0 Å². The molecule has 122 valence electrons. The zero-order valence-corrected chi connectivity index (χ0v) is 12.9. The molecule has 1 saturated carbocycles. The van der Waals surface area contributed by atoms with Crippen molar-refractivity contribution < 1.29 is 19.5 Å². The Balaban J connectivity index is 1.64. The maximum atomic E-state index is 12.6. The van der Waals surface area contributed by atoms with Crippen molar-refractivity contribution in [2.45, 2.75) is 31.8 Å². The van der Waals surface area contributed by atoms with Crippen LogP contribution in [-0.2, 0) is 20.9 Å². The van der Waals surface area contributed by atoms with E-state index < -0.39 is 11.9 Å². The highest BCUT2D eigenvalue weighted by Crippen LogP contribution is 2.30. The summed E-state index contributed by atoms with van der Waals surface area (Å²) in [5, 5.41) is 8.98. The number of benzene rings is 1. The van der Waals surface area contributed by atoms with E-state index in [9.17, 15) is 14.4 Å². The summed E-state index contributed by atoms with van der Waals surface area (Å²) in [5.74, 6) is -1.67. The van der Waals surface area contributed by atoms with Gasteiger partial charge in [0.2, 0.25) is 11.8 Å². The molecule has 6 nitrogen and oxygen atoms in total. The second-order valence-electron chi connectivity index (χ2n) is 6.25. The first-order valence-electron chi connectivity index (χ1n) is 7.88. The van der Waals surface area contributed by atoms with Gasteiger partial charge < -0.3 is 14.9 Å². The van der Waals surface area contributed by atoms with Crippen molar-refractivity contribution in [3.8, 4) is 0 Å². The number of rotatable bonds is 6. The van der Waals surface area contributed by atoms with Gasteiger partial charge in [-0.2, -0.15) is 0 Å². The van der Waals surface area contributed by atoms with Gasteiger partial charge in [-0.05, 0) is 18.4 Å². The van der Waals surface area contributed by atoms with Gasteiger partial charge in [-0.3, -0.25) is 14.4 Å². The number of likely N-dealkylation sites (tertiary alicyclic amines) is 1. The Morgan fingerprint density at radius 1 is 1.22 bits per heavy atom. The summed E-state index contributed by atoms with van der Waals surface area (Å²) in [6, 6.07) is 9.69. The molecule has 1 saturated heterocycles. The molecule has 1 aliphatic carbocycles. The molecular formula is C17H20N2O4. The van der Waals surface area contributed by atoms with Crippen LogP contribution in [0.25, 0.3) is 0 Å². The summed E-state index contributed by atoms with van der Waals surface area (Å²) < 4.78 is 0. The van der Waals surface area contributed by atoms with Gasteiger partial charge in [0.05, 0.1) is 5.92 Å². The van der Waals surface area contributed by atoms with E-state index in [0.717, 1.165) is 18.4 Å². The third kappa shape index (κ3) is 3.70. The molecule has 6 heteroatoms. The summed E-state index contributed by atoms with van der Waals surface area (Å²) in [4.78, 5) is 38.8. The van der Waals surface area contributed by atoms with Crippen molar-refractivity contribution in [2.24, 2.45) is 5.92 Å². The van der Waals surface area contributed by atoms with Crippen molar-refractivity contribution >= 4 is 17.8 Å². The summed E-state index contributed by atoms with van der Waals surface area (Å²) in [5.41, 5.74) is 1.03. The fraction of sp³-hybridized carbons (Fsp3) is 0.471. The molecule has 0 spiro atoms. The Morgan fingerprint density at radius 2 is 1.91 bits per heavy atom. The van der Waals surface area contributed by atoms with Crippen LogP contribution in [0.2, 0.25) is 0 Å². The minimum atomic E-state index is -1.00. The first kappa shape index (κ1) is 15.5. The van der Waals surface area contributed by atoms with Crippen LogP contribution < -0.4 is 0 Å². The topological polar surface area (TPSA) is 77.9 Å². The van der Waals surface area contributed by atoms with Crippen LogP contribution in [0, 0.1) is 5.92 Å². The molecule has 2 aliphatic rings. The Bertz CT molecular complexity index is 612. The Morgan fingerprint density at radius 3 is 2.52 bits per heavy atom. The lowest BCUT2D eigenvalue weighted by Crippen LogP contribution is -2.42. The molecule has 1 aromatic carbocycles. The van der Waals surface area contributed by atoms with E-state index in [0.29, 0.717) is 13.1 Å². The zero-order valence-electron chi connectivity index (χ0n) is 12.9. The molecule has 0 radical (unpaired) electrons. The molecule has 3 rings (SSSR count). The fourth-order valence-electron chi connectivity index (χ4n) is 3.05. The second-order valence-corrected chi connectivity index (χ2v) is 6.25. The number of carbonyl (C=O) groups excluding carboxylic acids is 2. The number of nitrogens with zero attached hydrogens (tertiary/aromatic N) is 2. The molecule has 1 aromatic rings. The van der Waals surface area contributed by atoms with E-state index in [1.54, 1.807) is 4.90 Å². The SMILES string of the molecule is O=C(O)CN(C(=O)C1CC(=O)N(Cc2ccccc2)C1)C1CC1. The lowest BCUT2D eigenvalue weighted by atomic mass is 10.1. The monoisotopic (exact) mass is 316 g/mol. The van der Waals surface area contributed by atoms with Gasteiger partial charge in [-0.1, -0.05) is 30.3 Å². The maximum Gasteiger partial charge on any atom is 0.323 e. The normalized spacial score (nSPS) is 20.6. The van der Waals surface area contributed by atoms with Crippen molar-refractivity contribution in [1.29, 1.82) is 0 Å². The van der Waals surface area contributed by atoms with Crippen molar-refractivity contribution in [3.63, 3.8) is 0 Å². The largest absolute Gasteiger partial charge is 0.480 e. The molecule has 2 amide bonds. The van der Waals surface area contributed by atoms with Gasteiger partial charge in [0, 0.05) is 25.6 Å². The molecule has 1 N–H and O–H groups in total. The quantitative estimate of drug-likeness (QED) is 0.853. The predicted octanol–water partition coefficient (Wildman–Crippen LogP) is 1.11. The highest BCUT2D eigenvalue weighted by Gasteiger charge is 2.41. The number of carboxylic acids is 1. The van der Waals surface area contributed by atoms with E-state index in [-0.39, 0.29) is 30.8 Å². The molecule has 1 atom stereocenters. The second kappa shape index (κ2) is 6.40. The number of hydrogen-bond acceptors (Lipinski definition) is 3. The summed E-state index contributed by atoms with van der Waals surface area (Å²) in [6.45, 7) is 0.591. The zero-order chi connectivity index (χ0) is 16.4. The summed E-state index contributed by atoms with van der Waals surface area (Å²) in [6.07, 6.45) is 1.88. The average molecular weight is 316 g/mol. The molecule has 1 aliphatic heterocycles. The third-order valence-corrected chi connectivity index (χ3v) is 4.36. The highest BCUT2D eigenvalue weighted by molar-refractivity contribution is 5.91. The van der Waals surface area contributed by atoms with Gasteiger partial charge >= 0.3 is 5.97 Å². The first-order chi connectivity index (χ1) is 11.0. The van der Waals surface area contributed by atoms with Crippen molar-refractivity contribution in [1.82, 2.24) is 9.80 Å². The minimum absolute atomic E-state index is 0.0388. The van der Waals surface area contributed by atoms with E-state index in [1.165, 1.54) is 4.90 Å². The van der Waals surface area contributed by atoms with E-state index >= 15 is 0 Å². The standard InChI is InChI=1S/C17H20N2O4/c20-15-8-13(10-18(15)9-12-4-2-1-3-5-12)17(23)19(11-16(21)22)14-6-7-14/h1-5,13-14H,6-11H2,(H,21,22). The van der Waals surface area contributed by atoms with Crippen LogP contribution in [0.5, 0.6) is 0 Å². The van der Waals surface area contributed by atoms with Crippen LogP contribution in [0.3, 0.4) is 0 Å². The average Bonchev–Trinajstić information content (AvgIpc) is 3.30. The molecule has 0 bridgehead atoms. The molecule has 0 aromatic heterocycles. The molecule has 23 heavy (non-hydrogen) atoms. The molecule has 1 heterocycles. The number of carbonyl (C=O) groups is 3. The van der Waals surface area contributed by atoms with Crippen LogP contribution >= 0.6 is 0 Å². The van der Waals surface area contributed by atoms with E-state index in [1.807, 2.05) is 30.3 Å². The van der Waals surface area contributed by atoms with Crippen molar-refractivity contribution in [3.05, 3.63) is 35.9 Å². The lowest BCUT2D eigenvalue weighted by molar-refractivity contribution is -0.146. The maximum absolute atomic E-state index is 12.6. The first-order valence-corrected chi connectivity index (χ1v) is 7.88. The van der Waals surface area contributed by atoms with Crippen LogP contribution in [0.1, 0.15) is 24.8 Å². The molecule has 1 unspecified atom stereocenters. The Hall–Kier alpha value is -2.37. The number of carboxylic acid groups (broad SMARTS) is 1. The van der Waals surface area contributed by atoms with Crippen molar-refractivity contribution in [2.75, 3.05) is 13.1 Å². The lowest BCUT2D eigenvalue weighted by Gasteiger charge is -2.23. The Kier molecular flexibility index (Phi) is 4.32. The van der Waals surface area contributed by atoms with Crippen LogP contribution in [0.15, 0.2) is 30.3 Å². The third-order valence-electron chi connectivity index (χ3n) is 4.36. The molecule has 2 fully saturated rings. The number of amides is 2. The smallest absolute Gasteiger partial charge is 0.323 e. The number of aliphatic carboxylic acids is 1. The van der Waals surface area contributed by atoms with Crippen LogP contribution in [0.4, 0.5) is 0 Å². The van der Waals surface area contributed by atoms with Gasteiger partial charge in [-0.25, -0.2) is 0 Å². The van der Waals surface area contributed by atoms with E-state index in [2.05, 4.69) is 0 Å². The van der Waals surface area contributed by atoms with Gasteiger partial charge in [0.15, 0.2) is 0 Å². The summed E-state index contributed by atoms with van der Waals surface area (Å²) in [7, 11) is 0. The highest BCUT2D eigenvalue weighted by atomic mass is 16.4. The van der Waals surface area contributed by atoms with E-state index in [4.69, 9.17) is 5.11 Å². The van der Waals surface area contributed by atoms with Crippen LogP contribution in [-0.4, -0.2) is 51.8 Å². The van der Waals surface area contributed by atoms with Gasteiger partial charge in [-0.15, -0.1) is 0 Å². The predicted molar refractivity (Wildman–Crippen MR) is 82.3 cm³/mol. The van der Waals surface area contributed by atoms with Gasteiger partial charge in [0.1, 0.15) is 6.54 Å². The fourth-order valence-corrected chi connectivity index (χ4v) is 3.05. The Labute approximate surface area is 134 Å². The molecular weight excluding hydrogens is 296 g/mol. The minimum Gasteiger partial charge on any atom is -0.480 e. The number of hydrogen-bond donors (Lipinski definition) is 1.